The van der Waals surface area contributed by atoms with Gasteiger partial charge in [0, 0.05) is 17.5 Å². The monoisotopic (exact) mass is 280 g/mol. The number of carboxylic acid groups (broad SMARTS) is 1. The average Bonchev–Trinajstić information content (AvgIpc) is 2.81. The van der Waals surface area contributed by atoms with Crippen LogP contribution in [0.3, 0.4) is 0 Å². The van der Waals surface area contributed by atoms with Crippen LogP contribution in [0.25, 0.3) is 0 Å². The van der Waals surface area contributed by atoms with Crippen molar-refractivity contribution >= 4 is 29.4 Å². The number of anilines is 1. The lowest BCUT2D eigenvalue weighted by Crippen LogP contribution is -2.37. The summed E-state index contributed by atoms with van der Waals surface area (Å²) in [7, 11) is 0. The van der Waals surface area contributed by atoms with E-state index in [1.165, 1.54) is 0 Å². The van der Waals surface area contributed by atoms with Crippen molar-refractivity contribution in [2.24, 2.45) is 0 Å². The van der Waals surface area contributed by atoms with Gasteiger partial charge in [-0.3, -0.25) is 4.79 Å². The molecule has 0 saturated carbocycles. The Labute approximate surface area is 115 Å². The van der Waals surface area contributed by atoms with Crippen molar-refractivity contribution < 1.29 is 14.7 Å². The van der Waals surface area contributed by atoms with Crippen LogP contribution in [0.5, 0.6) is 0 Å². The van der Waals surface area contributed by atoms with Crippen LogP contribution in [0.4, 0.5) is 10.5 Å². The van der Waals surface area contributed by atoms with Gasteiger partial charge in [-0.15, -0.1) is 0 Å². The summed E-state index contributed by atoms with van der Waals surface area (Å²) in [5, 5.41) is 14.4. The number of carbonyl (C=O) groups excluding carboxylic acids is 1. The van der Waals surface area contributed by atoms with E-state index >= 15 is 0 Å². The van der Waals surface area contributed by atoms with Crippen LogP contribution in [0.2, 0.25) is 0 Å². The highest BCUT2D eigenvalue weighted by Crippen LogP contribution is 2.17. The first-order valence-corrected chi connectivity index (χ1v) is 7.25. The molecule has 0 bridgehead atoms. The van der Waals surface area contributed by atoms with Gasteiger partial charge in [0.2, 0.25) is 0 Å². The number of hydrogen-bond acceptors (Lipinski definition) is 3. The molecule has 1 fully saturated rings. The van der Waals surface area contributed by atoms with Crippen LogP contribution in [0.1, 0.15) is 12.0 Å². The molecule has 0 radical (unpaired) electrons. The molecule has 3 N–H and O–H groups in total. The van der Waals surface area contributed by atoms with Crippen molar-refractivity contribution in [2.75, 3.05) is 16.8 Å². The van der Waals surface area contributed by atoms with E-state index < -0.39 is 5.97 Å². The number of aliphatic carboxylic acids is 1. The highest BCUT2D eigenvalue weighted by atomic mass is 32.2. The summed E-state index contributed by atoms with van der Waals surface area (Å²) < 4.78 is 0. The van der Waals surface area contributed by atoms with E-state index in [-0.39, 0.29) is 18.5 Å². The number of amides is 2. The van der Waals surface area contributed by atoms with Gasteiger partial charge < -0.3 is 15.7 Å². The van der Waals surface area contributed by atoms with Gasteiger partial charge >= 0.3 is 12.0 Å². The summed E-state index contributed by atoms with van der Waals surface area (Å²) in [6, 6.07) is 6.88. The van der Waals surface area contributed by atoms with E-state index in [9.17, 15) is 9.59 Å². The van der Waals surface area contributed by atoms with Crippen molar-refractivity contribution in [2.45, 2.75) is 18.9 Å². The molecule has 1 saturated heterocycles. The van der Waals surface area contributed by atoms with Gasteiger partial charge in [-0.25, -0.2) is 4.79 Å². The van der Waals surface area contributed by atoms with Crippen LogP contribution in [0, 0.1) is 0 Å². The zero-order valence-corrected chi connectivity index (χ0v) is 11.2. The number of carboxylic acids is 1. The first-order valence-electron chi connectivity index (χ1n) is 6.09. The molecule has 5 nitrogen and oxygen atoms in total. The first-order chi connectivity index (χ1) is 9.13. The SMILES string of the molecule is O=C(O)Cc1cccc(NC(=O)NC2CCSC2)c1. The topological polar surface area (TPSA) is 78.4 Å². The minimum atomic E-state index is -0.885. The molecule has 2 amide bonds. The maximum Gasteiger partial charge on any atom is 0.319 e. The molecule has 1 aromatic rings. The second kappa shape index (κ2) is 6.47. The van der Waals surface area contributed by atoms with Crippen LogP contribution >= 0.6 is 11.8 Å². The number of hydrogen-bond donors (Lipinski definition) is 3. The van der Waals surface area contributed by atoms with Crippen molar-refractivity contribution in [3.63, 3.8) is 0 Å². The Kier molecular flexibility index (Phi) is 4.68. The Morgan fingerprint density at radius 2 is 2.26 bits per heavy atom. The molecule has 0 aromatic heterocycles. The van der Waals surface area contributed by atoms with E-state index in [4.69, 9.17) is 5.11 Å². The van der Waals surface area contributed by atoms with E-state index in [2.05, 4.69) is 10.6 Å². The number of carbonyl (C=O) groups is 2. The number of rotatable bonds is 4. The molecule has 1 aliphatic heterocycles. The third kappa shape index (κ3) is 4.48. The largest absolute Gasteiger partial charge is 0.481 e. The number of urea groups is 1. The van der Waals surface area contributed by atoms with Gasteiger partial charge in [-0.2, -0.15) is 11.8 Å². The Morgan fingerprint density at radius 3 is 2.95 bits per heavy atom. The Balaban J connectivity index is 1.90. The van der Waals surface area contributed by atoms with Crippen molar-refractivity contribution in [3.8, 4) is 0 Å². The van der Waals surface area contributed by atoms with Gasteiger partial charge in [-0.1, -0.05) is 12.1 Å². The quantitative estimate of drug-likeness (QED) is 0.787. The summed E-state index contributed by atoms with van der Waals surface area (Å²) in [5.41, 5.74) is 1.28. The second-order valence-electron chi connectivity index (χ2n) is 4.43. The maximum absolute atomic E-state index is 11.8. The molecule has 1 heterocycles. The summed E-state index contributed by atoms with van der Waals surface area (Å²) in [4.78, 5) is 22.4. The lowest BCUT2D eigenvalue weighted by Gasteiger charge is -2.12. The van der Waals surface area contributed by atoms with Crippen molar-refractivity contribution in [1.82, 2.24) is 5.32 Å². The number of benzene rings is 1. The molecular formula is C13H16N2O3S. The second-order valence-corrected chi connectivity index (χ2v) is 5.58. The molecule has 19 heavy (non-hydrogen) atoms. The van der Waals surface area contributed by atoms with Crippen molar-refractivity contribution in [1.29, 1.82) is 0 Å². The van der Waals surface area contributed by atoms with Gasteiger partial charge in [0.25, 0.3) is 0 Å². The number of thioether (sulfide) groups is 1. The van der Waals surface area contributed by atoms with Crippen LogP contribution < -0.4 is 10.6 Å². The fourth-order valence-electron chi connectivity index (χ4n) is 1.93. The number of nitrogens with one attached hydrogen (secondary N) is 2. The predicted molar refractivity (Wildman–Crippen MR) is 75.7 cm³/mol. The highest BCUT2D eigenvalue weighted by Gasteiger charge is 2.17. The summed E-state index contributed by atoms with van der Waals surface area (Å²) in [6.07, 6.45) is 0.952. The third-order valence-corrected chi connectivity index (χ3v) is 3.97. The van der Waals surface area contributed by atoms with E-state index in [1.807, 2.05) is 11.8 Å². The van der Waals surface area contributed by atoms with Crippen molar-refractivity contribution in [3.05, 3.63) is 29.8 Å². The zero-order chi connectivity index (χ0) is 13.7. The molecule has 1 aromatic carbocycles. The van der Waals surface area contributed by atoms with Crippen LogP contribution in [-0.2, 0) is 11.2 Å². The van der Waals surface area contributed by atoms with Gasteiger partial charge in [0.05, 0.1) is 6.42 Å². The highest BCUT2D eigenvalue weighted by molar-refractivity contribution is 7.99. The van der Waals surface area contributed by atoms with E-state index in [0.29, 0.717) is 11.3 Å². The summed E-state index contributed by atoms with van der Waals surface area (Å²) in [5.74, 6) is 1.15. The molecule has 102 valence electrons. The molecule has 6 heteroatoms. The fourth-order valence-corrected chi connectivity index (χ4v) is 3.09. The lowest BCUT2D eigenvalue weighted by atomic mass is 10.1. The Bertz CT molecular complexity index is 473. The third-order valence-electron chi connectivity index (χ3n) is 2.81. The first kappa shape index (κ1) is 13.7. The minimum absolute atomic E-state index is 0.0452. The van der Waals surface area contributed by atoms with Crippen LogP contribution in [0.15, 0.2) is 24.3 Å². The lowest BCUT2D eigenvalue weighted by molar-refractivity contribution is -0.136. The van der Waals surface area contributed by atoms with Gasteiger partial charge in [0.1, 0.15) is 0 Å². The standard InChI is InChI=1S/C13H16N2O3S/c16-12(17)7-9-2-1-3-10(6-9)14-13(18)15-11-4-5-19-8-11/h1-3,6,11H,4-5,7-8H2,(H,16,17)(H2,14,15,18). The molecule has 0 spiro atoms. The molecule has 2 rings (SSSR count). The van der Waals surface area contributed by atoms with Gasteiger partial charge in [0.15, 0.2) is 0 Å². The normalized spacial score (nSPS) is 18.0. The average molecular weight is 280 g/mol. The summed E-state index contributed by atoms with van der Waals surface area (Å²) in [6.45, 7) is 0. The van der Waals surface area contributed by atoms with Gasteiger partial charge in [-0.05, 0) is 29.9 Å². The molecular weight excluding hydrogens is 264 g/mol. The van der Waals surface area contributed by atoms with E-state index in [1.54, 1.807) is 24.3 Å². The molecule has 1 unspecified atom stereocenters. The summed E-state index contributed by atoms with van der Waals surface area (Å²) >= 11 is 1.83. The molecule has 1 atom stereocenters. The smallest absolute Gasteiger partial charge is 0.319 e. The van der Waals surface area contributed by atoms with E-state index in [0.717, 1.165) is 17.9 Å². The predicted octanol–water partition coefficient (Wildman–Crippen LogP) is 1.94. The maximum atomic E-state index is 11.8. The molecule has 1 aliphatic rings. The Morgan fingerprint density at radius 1 is 1.42 bits per heavy atom. The zero-order valence-electron chi connectivity index (χ0n) is 10.4. The fraction of sp³-hybridized carbons (Fsp3) is 0.385. The Hall–Kier alpha value is -1.69. The molecule has 0 aliphatic carbocycles. The van der Waals surface area contributed by atoms with Crippen LogP contribution in [-0.4, -0.2) is 34.7 Å². The minimum Gasteiger partial charge on any atom is -0.481 e.